The number of carbonyl (C=O) groups excluding carboxylic acids is 3. The minimum absolute atomic E-state index is 0.0219. The Kier molecular flexibility index (Phi) is 11.2. The molecule has 1 heterocycles. The van der Waals surface area contributed by atoms with Gasteiger partial charge in [-0.15, -0.1) is 0 Å². The number of nitrogens with one attached hydrogen (secondary N) is 3. The van der Waals surface area contributed by atoms with E-state index in [2.05, 4.69) is 15.6 Å². The summed E-state index contributed by atoms with van der Waals surface area (Å²) in [6.45, 7) is 2.75. The minimum Gasteiger partial charge on any atom is -0.493 e. The van der Waals surface area contributed by atoms with Gasteiger partial charge in [-0.1, -0.05) is 46.4 Å². The number of benzene rings is 2. The van der Waals surface area contributed by atoms with Crippen LogP contribution in [0.1, 0.15) is 55.2 Å². The number of pyridine rings is 1. The molecule has 1 aromatic heterocycles. The van der Waals surface area contributed by atoms with Gasteiger partial charge in [0.2, 0.25) is 0 Å². The van der Waals surface area contributed by atoms with Crippen molar-refractivity contribution in [1.82, 2.24) is 20.9 Å². The first-order chi connectivity index (χ1) is 22.6. The average Bonchev–Trinajstić information content (AvgIpc) is 3.83. The predicted octanol–water partition coefficient (Wildman–Crippen LogP) is 7.77. The lowest BCUT2D eigenvalue weighted by molar-refractivity contribution is -0.184. The second-order valence-electron chi connectivity index (χ2n) is 12.0. The highest BCUT2D eigenvalue weighted by Crippen LogP contribution is 2.42. The molecule has 3 N–H and O–H groups in total. The molecular weight excluding hydrogens is 738 g/mol. The summed E-state index contributed by atoms with van der Waals surface area (Å²) in [5.41, 5.74) is -4.71. The Morgan fingerprint density at radius 1 is 0.959 bits per heavy atom. The molecule has 264 valence electrons. The number of aromatic nitrogens is 1. The van der Waals surface area contributed by atoms with Crippen molar-refractivity contribution in [2.24, 2.45) is 0 Å². The van der Waals surface area contributed by atoms with Crippen molar-refractivity contribution in [3.05, 3.63) is 76.2 Å². The zero-order valence-corrected chi connectivity index (χ0v) is 29.4. The first kappa shape index (κ1) is 38.3. The zero-order chi connectivity index (χ0) is 36.5. The molecule has 1 saturated carbocycles. The van der Waals surface area contributed by atoms with Crippen LogP contribution >= 0.6 is 46.4 Å². The number of rotatable bonds is 10. The molecule has 0 bridgehead atoms. The summed E-state index contributed by atoms with van der Waals surface area (Å²) in [6.07, 6.45) is -3.19. The van der Waals surface area contributed by atoms with Crippen molar-refractivity contribution in [2.45, 2.75) is 60.6 Å². The van der Waals surface area contributed by atoms with E-state index in [1.807, 2.05) is 5.32 Å². The number of urea groups is 1. The standard InChI is InChI=1S/C32H30Cl4F4N4O5/c1-29(2,44-28(47)43-27(46)31(34,35)36)18-13-22(16-5-9-21(37)20(33)11-16)42-25(14-18)30(3,32(38,39)40)15-41-26(45)17-6-10-23(24(12-17)48-4)49-19-7-8-19/h5-6,9-14,19H,7-8,15H2,1-4H3,(H,41,45)(H2,43,44,46,47). The number of halogens is 8. The smallest absolute Gasteiger partial charge is 0.401 e. The Bertz CT molecular complexity index is 1770. The van der Waals surface area contributed by atoms with Crippen LogP contribution in [0.4, 0.5) is 22.4 Å². The van der Waals surface area contributed by atoms with Gasteiger partial charge >= 0.3 is 12.2 Å². The first-order valence-electron chi connectivity index (χ1n) is 14.5. The molecular formula is C32H30Cl4F4N4O5. The molecule has 9 nitrogen and oxygen atoms in total. The SMILES string of the molecule is COc1cc(C(=O)NCC(C)(c2cc(C(C)(C)NC(=O)NC(=O)C(Cl)(Cl)Cl)cc(-c3ccc(F)c(Cl)c3)n2)C(F)(F)F)ccc1OC1CC1. The molecule has 1 unspecified atom stereocenters. The molecule has 0 radical (unpaired) electrons. The second-order valence-corrected chi connectivity index (χ2v) is 14.7. The van der Waals surface area contributed by atoms with Gasteiger partial charge in [0, 0.05) is 17.7 Å². The van der Waals surface area contributed by atoms with Crippen LogP contribution in [0.5, 0.6) is 11.5 Å². The summed E-state index contributed by atoms with van der Waals surface area (Å²) in [4.78, 5) is 42.1. The van der Waals surface area contributed by atoms with Crippen LogP contribution in [0.25, 0.3) is 11.3 Å². The number of amides is 4. The number of hydrogen-bond donors (Lipinski definition) is 3. The zero-order valence-electron chi connectivity index (χ0n) is 26.3. The third-order valence-corrected chi connectivity index (χ3v) is 8.51. The Balaban J connectivity index is 1.73. The fourth-order valence-electron chi connectivity index (χ4n) is 4.51. The number of imide groups is 1. The molecule has 49 heavy (non-hydrogen) atoms. The van der Waals surface area contributed by atoms with Gasteiger partial charge in [-0.25, -0.2) is 9.18 Å². The molecule has 1 fully saturated rings. The maximum Gasteiger partial charge on any atom is 0.401 e. The van der Waals surface area contributed by atoms with Crippen molar-refractivity contribution in [2.75, 3.05) is 13.7 Å². The van der Waals surface area contributed by atoms with Crippen LogP contribution in [-0.2, 0) is 15.7 Å². The highest BCUT2D eigenvalue weighted by molar-refractivity contribution is 6.76. The third kappa shape index (κ3) is 9.19. The van der Waals surface area contributed by atoms with Gasteiger partial charge in [-0.3, -0.25) is 19.9 Å². The lowest BCUT2D eigenvalue weighted by Crippen LogP contribution is -2.51. The molecule has 1 aliphatic rings. The van der Waals surface area contributed by atoms with E-state index in [0.29, 0.717) is 5.75 Å². The number of methoxy groups -OCH3 is 1. The van der Waals surface area contributed by atoms with E-state index in [0.717, 1.165) is 31.9 Å². The van der Waals surface area contributed by atoms with Crippen LogP contribution in [0.15, 0.2) is 48.5 Å². The monoisotopic (exact) mass is 766 g/mol. The summed E-state index contributed by atoms with van der Waals surface area (Å²) < 4.78 is 67.7. The normalized spacial score (nSPS) is 14.8. The van der Waals surface area contributed by atoms with Gasteiger partial charge in [0.05, 0.1) is 35.2 Å². The Morgan fingerprint density at radius 3 is 2.20 bits per heavy atom. The predicted molar refractivity (Wildman–Crippen MR) is 177 cm³/mol. The molecule has 0 aliphatic heterocycles. The summed E-state index contributed by atoms with van der Waals surface area (Å²) >= 11 is 22.5. The first-order valence-corrected chi connectivity index (χ1v) is 16.0. The van der Waals surface area contributed by atoms with E-state index in [4.69, 9.17) is 55.9 Å². The number of alkyl halides is 6. The molecule has 2 aromatic carbocycles. The topological polar surface area (TPSA) is 119 Å². The fraction of sp³-hybridized carbons (Fsp3) is 0.375. The van der Waals surface area contributed by atoms with Crippen LogP contribution in [0.2, 0.25) is 5.02 Å². The quantitative estimate of drug-likeness (QED) is 0.143. The van der Waals surface area contributed by atoms with Crippen LogP contribution in [0, 0.1) is 5.82 Å². The second kappa shape index (κ2) is 14.4. The molecule has 0 saturated heterocycles. The molecule has 0 spiro atoms. The van der Waals surface area contributed by atoms with Gasteiger partial charge in [-0.05, 0) is 87.7 Å². The fourth-order valence-corrected chi connectivity index (χ4v) is 4.83. The van der Waals surface area contributed by atoms with E-state index in [-0.39, 0.29) is 39.3 Å². The van der Waals surface area contributed by atoms with Crippen molar-refractivity contribution in [3.8, 4) is 22.8 Å². The lowest BCUT2D eigenvalue weighted by Gasteiger charge is -2.34. The van der Waals surface area contributed by atoms with E-state index >= 15 is 13.2 Å². The van der Waals surface area contributed by atoms with Crippen molar-refractivity contribution in [3.63, 3.8) is 0 Å². The summed E-state index contributed by atoms with van der Waals surface area (Å²) in [6, 6.07) is 9.06. The molecule has 4 amide bonds. The molecule has 4 rings (SSSR count). The number of hydrogen-bond acceptors (Lipinski definition) is 6. The van der Waals surface area contributed by atoms with Gasteiger partial charge in [0.1, 0.15) is 11.2 Å². The largest absolute Gasteiger partial charge is 0.493 e. The minimum atomic E-state index is -4.99. The van der Waals surface area contributed by atoms with Crippen LogP contribution in [-0.4, -0.2) is 52.6 Å². The molecule has 17 heteroatoms. The highest BCUT2D eigenvalue weighted by Gasteiger charge is 2.54. The number of ether oxygens (including phenoxy) is 2. The lowest BCUT2D eigenvalue weighted by atomic mass is 9.82. The van der Waals surface area contributed by atoms with E-state index in [9.17, 15) is 18.8 Å². The average molecular weight is 768 g/mol. The van der Waals surface area contributed by atoms with Crippen molar-refractivity contribution in [1.29, 1.82) is 0 Å². The Labute approximate surface area is 298 Å². The van der Waals surface area contributed by atoms with Gasteiger partial charge < -0.3 is 20.1 Å². The number of carbonyl (C=O) groups is 3. The molecule has 1 atom stereocenters. The molecule has 1 aliphatic carbocycles. The maximum absolute atomic E-state index is 15.0. The van der Waals surface area contributed by atoms with Crippen LogP contribution < -0.4 is 25.4 Å². The Morgan fingerprint density at radius 2 is 1.63 bits per heavy atom. The maximum atomic E-state index is 15.0. The van der Waals surface area contributed by atoms with E-state index in [1.165, 1.54) is 57.4 Å². The van der Waals surface area contributed by atoms with E-state index in [1.54, 1.807) is 0 Å². The van der Waals surface area contributed by atoms with Gasteiger partial charge in [0.15, 0.2) is 11.5 Å². The summed E-state index contributed by atoms with van der Waals surface area (Å²) in [5.74, 6) is -2.23. The number of nitrogens with zero attached hydrogens (tertiary/aromatic N) is 1. The van der Waals surface area contributed by atoms with Gasteiger partial charge in [-0.2, -0.15) is 13.2 Å². The van der Waals surface area contributed by atoms with E-state index < -0.39 is 56.8 Å². The summed E-state index contributed by atoms with van der Waals surface area (Å²) in [7, 11) is 1.38. The van der Waals surface area contributed by atoms with Crippen LogP contribution in [0.3, 0.4) is 0 Å². The highest BCUT2D eigenvalue weighted by atomic mass is 35.6. The summed E-state index contributed by atoms with van der Waals surface area (Å²) in [5, 5.41) is 6.34. The van der Waals surface area contributed by atoms with Crippen molar-refractivity contribution < 1.29 is 41.4 Å². The molecule has 3 aromatic rings. The van der Waals surface area contributed by atoms with Crippen molar-refractivity contribution >= 4 is 64.2 Å². The Hall–Kier alpha value is -3.52. The third-order valence-electron chi connectivity index (χ3n) is 7.71. The van der Waals surface area contributed by atoms with Gasteiger partial charge in [0.25, 0.3) is 15.6 Å².